The van der Waals surface area contributed by atoms with Crippen molar-refractivity contribution in [1.82, 2.24) is 15.6 Å². The molecule has 8 heteroatoms. The van der Waals surface area contributed by atoms with Crippen LogP contribution in [0.1, 0.15) is 27.2 Å². The second-order valence-electron chi connectivity index (χ2n) is 5.85. The summed E-state index contributed by atoms with van der Waals surface area (Å²) in [5, 5.41) is 10.5. The molecule has 0 aliphatic rings. The molecule has 0 spiro atoms. The topological polar surface area (TPSA) is 70.1 Å². The van der Waals surface area contributed by atoms with Crippen molar-refractivity contribution in [3.05, 3.63) is 77.0 Å². The maximum Gasteiger partial charge on any atom is 0.416 e. The number of aryl methyl sites for hydroxylation is 1. The van der Waals surface area contributed by atoms with E-state index in [-0.39, 0.29) is 5.69 Å². The Labute approximate surface area is 152 Å². The third kappa shape index (κ3) is 4.60. The minimum atomic E-state index is -4.39. The number of hydrazone groups is 1. The molecule has 0 aliphatic carbocycles. The average molecular weight is 372 g/mol. The van der Waals surface area contributed by atoms with Gasteiger partial charge < -0.3 is 0 Å². The van der Waals surface area contributed by atoms with Crippen LogP contribution < -0.4 is 5.43 Å². The van der Waals surface area contributed by atoms with Gasteiger partial charge in [-0.2, -0.15) is 23.4 Å². The third-order valence-corrected chi connectivity index (χ3v) is 3.79. The molecule has 3 aromatic rings. The van der Waals surface area contributed by atoms with Gasteiger partial charge in [0.2, 0.25) is 0 Å². The number of H-pyrrole nitrogens is 1. The maximum atomic E-state index is 12.5. The number of carbonyl (C=O) groups excluding carboxylic acids is 1. The summed E-state index contributed by atoms with van der Waals surface area (Å²) in [4.78, 5) is 12.1. The van der Waals surface area contributed by atoms with Gasteiger partial charge in [0, 0.05) is 5.56 Å². The zero-order valence-electron chi connectivity index (χ0n) is 14.2. The summed E-state index contributed by atoms with van der Waals surface area (Å²) in [7, 11) is 0. The number of alkyl halides is 3. The summed E-state index contributed by atoms with van der Waals surface area (Å²) in [5.41, 5.74) is 4.80. The Balaban J connectivity index is 1.62. The van der Waals surface area contributed by atoms with Gasteiger partial charge in [0.05, 0.1) is 17.5 Å². The number of carbonyl (C=O) groups is 1. The molecule has 1 heterocycles. The number of rotatable bonds is 4. The zero-order valence-corrected chi connectivity index (χ0v) is 14.2. The number of aromatic amines is 1. The van der Waals surface area contributed by atoms with Crippen molar-refractivity contribution in [3.8, 4) is 11.3 Å². The number of aromatic nitrogens is 2. The molecule has 0 bridgehead atoms. The molecule has 0 atom stereocenters. The van der Waals surface area contributed by atoms with Crippen LogP contribution in [0.4, 0.5) is 13.2 Å². The second kappa shape index (κ2) is 7.45. The van der Waals surface area contributed by atoms with Gasteiger partial charge in [-0.25, -0.2) is 5.43 Å². The van der Waals surface area contributed by atoms with E-state index in [0.29, 0.717) is 11.3 Å². The third-order valence-electron chi connectivity index (χ3n) is 3.79. The molecule has 27 heavy (non-hydrogen) atoms. The minimum absolute atomic E-state index is 0.218. The average Bonchev–Trinajstić information content (AvgIpc) is 3.12. The van der Waals surface area contributed by atoms with Crippen molar-refractivity contribution in [1.29, 1.82) is 0 Å². The van der Waals surface area contributed by atoms with E-state index in [4.69, 9.17) is 0 Å². The first-order valence-corrected chi connectivity index (χ1v) is 7.96. The molecule has 2 aromatic carbocycles. The molecule has 5 nitrogen and oxygen atoms in total. The molecule has 1 amide bonds. The molecule has 1 aromatic heterocycles. The van der Waals surface area contributed by atoms with Crippen LogP contribution in [0.15, 0.2) is 59.7 Å². The molecule has 0 aliphatic heterocycles. The molecule has 0 saturated heterocycles. The highest BCUT2D eigenvalue weighted by Gasteiger charge is 2.29. The lowest BCUT2D eigenvalue weighted by atomic mass is 10.1. The van der Waals surface area contributed by atoms with E-state index in [0.717, 1.165) is 23.3 Å². The predicted molar refractivity (Wildman–Crippen MR) is 95.3 cm³/mol. The SMILES string of the molecule is Cc1ccc(-c2cc(C(=O)N/N=C\c3ccc(C(F)(F)F)cc3)[nH]n2)cc1. The summed E-state index contributed by atoms with van der Waals surface area (Å²) in [6.07, 6.45) is -3.13. The van der Waals surface area contributed by atoms with Crippen LogP contribution in [0.25, 0.3) is 11.3 Å². The van der Waals surface area contributed by atoms with Gasteiger partial charge in [-0.15, -0.1) is 0 Å². The number of amides is 1. The second-order valence-corrected chi connectivity index (χ2v) is 5.85. The molecule has 0 saturated carbocycles. The van der Waals surface area contributed by atoms with Gasteiger partial charge in [0.1, 0.15) is 5.69 Å². The lowest BCUT2D eigenvalue weighted by Gasteiger charge is -2.05. The van der Waals surface area contributed by atoms with E-state index in [1.54, 1.807) is 6.07 Å². The molecule has 2 N–H and O–H groups in total. The zero-order chi connectivity index (χ0) is 19.4. The van der Waals surface area contributed by atoms with Crippen molar-refractivity contribution in [2.24, 2.45) is 5.10 Å². The fourth-order valence-corrected chi connectivity index (χ4v) is 2.29. The van der Waals surface area contributed by atoms with Crippen molar-refractivity contribution in [2.75, 3.05) is 0 Å². The Morgan fingerprint density at radius 3 is 2.41 bits per heavy atom. The maximum absolute atomic E-state index is 12.5. The Kier molecular flexibility index (Phi) is 5.07. The predicted octanol–water partition coefficient (Wildman–Crippen LogP) is 4.17. The van der Waals surface area contributed by atoms with E-state index in [9.17, 15) is 18.0 Å². The highest BCUT2D eigenvalue weighted by molar-refractivity contribution is 5.94. The summed E-state index contributed by atoms with van der Waals surface area (Å²) in [6.45, 7) is 1.97. The van der Waals surface area contributed by atoms with Crippen molar-refractivity contribution >= 4 is 12.1 Å². The Bertz CT molecular complexity index is 958. The summed E-state index contributed by atoms with van der Waals surface area (Å²) < 4.78 is 37.5. The molecule has 0 unspecified atom stereocenters. The molecule has 0 fully saturated rings. The van der Waals surface area contributed by atoms with Crippen molar-refractivity contribution in [3.63, 3.8) is 0 Å². The Hall–Kier alpha value is -3.42. The molecule has 3 rings (SSSR count). The summed E-state index contributed by atoms with van der Waals surface area (Å²) in [5.74, 6) is -0.510. The number of nitrogens with zero attached hydrogens (tertiary/aromatic N) is 2. The number of nitrogens with one attached hydrogen (secondary N) is 2. The van der Waals surface area contributed by atoms with Crippen LogP contribution in [0.5, 0.6) is 0 Å². The van der Waals surface area contributed by atoms with Gasteiger partial charge in [-0.1, -0.05) is 42.0 Å². The lowest BCUT2D eigenvalue weighted by Crippen LogP contribution is -2.18. The van der Waals surface area contributed by atoms with Crippen molar-refractivity contribution in [2.45, 2.75) is 13.1 Å². The first-order valence-electron chi connectivity index (χ1n) is 7.96. The molecule has 0 radical (unpaired) electrons. The molecule has 138 valence electrons. The number of hydrogen-bond donors (Lipinski definition) is 2. The fourth-order valence-electron chi connectivity index (χ4n) is 2.29. The van der Waals surface area contributed by atoms with Gasteiger partial charge >= 0.3 is 6.18 Å². The van der Waals surface area contributed by atoms with Crippen LogP contribution >= 0.6 is 0 Å². The first kappa shape index (κ1) is 18.4. The monoisotopic (exact) mass is 372 g/mol. The van der Waals surface area contributed by atoms with Crippen LogP contribution in [0.3, 0.4) is 0 Å². The quantitative estimate of drug-likeness (QED) is 0.533. The van der Waals surface area contributed by atoms with E-state index < -0.39 is 17.6 Å². The van der Waals surface area contributed by atoms with E-state index in [2.05, 4.69) is 20.7 Å². The fraction of sp³-hybridized carbons (Fsp3) is 0.105. The van der Waals surface area contributed by atoms with Gasteiger partial charge in [0.15, 0.2) is 0 Å². The Morgan fingerprint density at radius 2 is 1.78 bits per heavy atom. The van der Waals surface area contributed by atoms with E-state index in [1.807, 2.05) is 31.2 Å². The highest BCUT2D eigenvalue weighted by Crippen LogP contribution is 2.28. The normalized spacial score (nSPS) is 11.7. The van der Waals surface area contributed by atoms with Crippen molar-refractivity contribution < 1.29 is 18.0 Å². The smallest absolute Gasteiger partial charge is 0.272 e. The number of benzene rings is 2. The minimum Gasteiger partial charge on any atom is -0.272 e. The first-order chi connectivity index (χ1) is 12.8. The van der Waals surface area contributed by atoms with Crippen LogP contribution in [0, 0.1) is 6.92 Å². The van der Waals surface area contributed by atoms with Crippen LogP contribution in [-0.2, 0) is 6.18 Å². The highest BCUT2D eigenvalue weighted by atomic mass is 19.4. The van der Waals surface area contributed by atoms with Gasteiger partial charge in [-0.3, -0.25) is 9.89 Å². The Morgan fingerprint density at radius 1 is 1.11 bits per heavy atom. The number of hydrogen-bond acceptors (Lipinski definition) is 3. The molecular weight excluding hydrogens is 357 g/mol. The summed E-state index contributed by atoms with van der Waals surface area (Å²) in [6, 6.07) is 13.7. The number of halogens is 3. The largest absolute Gasteiger partial charge is 0.416 e. The summed E-state index contributed by atoms with van der Waals surface area (Å²) >= 11 is 0. The van der Waals surface area contributed by atoms with E-state index >= 15 is 0 Å². The standard InChI is InChI=1S/C19H15F3N4O/c1-12-2-6-14(7-3-12)16-10-17(25-24-16)18(27)26-23-11-13-4-8-15(9-5-13)19(20,21)22/h2-11H,1H3,(H,24,25)(H,26,27)/b23-11-. The van der Waals surface area contributed by atoms with Crippen LogP contribution in [0.2, 0.25) is 0 Å². The van der Waals surface area contributed by atoms with Crippen LogP contribution in [-0.4, -0.2) is 22.3 Å². The lowest BCUT2D eigenvalue weighted by molar-refractivity contribution is -0.137. The van der Waals surface area contributed by atoms with E-state index in [1.165, 1.54) is 18.3 Å². The molecular formula is C19H15F3N4O. The van der Waals surface area contributed by atoms with Gasteiger partial charge in [0.25, 0.3) is 5.91 Å². The van der Waals surface area contributed by atoms with Gasteiger partial charge in [-0.05, 0) is 30.7 Å².